The standard InChI is InChI=1S/C18H35N7.HI/c1-5-7-8-11-19-18(20-13-16-10-9-12-25(16)6-2)21-14-17-23-22-15(3)24(17)4;/h16H,5-14H2,1-4H3,(H2,19,20,21);1H. The summed E-state index contributed by atoms with van der Waals surface area (Å²) in [6.07, 6.45) is 6.22. The molecule has 7 nitrogen and oxygen atoms in total. The Labute approximate surface area is 175 Å². The molecule has 1 aliphatic heterocycles. The highest BCUT2D eigenvalue weighted by atomic mass is 127. The molecule has 1 aromatic rings. The van der Waals surface area contributed by atoms with Gasteiger partial charge in [0.05, 0.1) is 0 Å². The summed E-state index contributed by atoms with van der Waals surface area (Å²) in [7, 11) is 1.99. The van der Waals surface area contributed by atoms with Crippen molar-refractivity contribution in [3.8, 4) is 0 Å². The van der Waals surface area contributed by atoms with Gasteiger partial charge in [-0.25, -0.2) is 4.99 Å². The number of hydrogen-bond donors (Lipinski definition) is 2. The van der Waals surface area contributed by atoms with Crippen LogP contribution in [0.4, 0.5) is 0 Å². The van der Waals surface area contributed by atoms with E-state index in [9.17, 15) is 0 Å². The van der Waals surface area contributed by atoms with E-state index in [0.29, 0.717) is 12.6 Å². The molecule has 0 saturated carbocycles. The Morgan fingerprint density at radius 1 is 1.23 bits per heavy atom. The van der Waals surface area contributed by atoms with Gasteiger partial charge in [0, 0.05) is 26.2 Å². The first kappa shape index (κ1) is 23.1. The summed E-state index contributed by atoms with van der Waals surface area (Å²) in [6, 6.07) is 0.615. The molecule has 1 saturated heterocycles. The van der Waals surface area contributed by atoms with E-state index in [2.05, 4.69) is 39.6 Å². The maximum absolute atomic E-state index is 4.73. The maximum atomic E-state index is 4.73. The lowest BCUT2D eigenvalue weighted by Gasteiger charge is -2.24. The smallest absolute Gasteiger partial charge is 0.191 e. The van der Waals surface area contributed by atoms with Crippen molar-refractivity contribution < 1.29 is 0 Å². The van der Waals surface area contributed by atoms with Crippen LogP contribution < -0.4 is 10.6 Å². The van der Waals surface area contributed by atoms with Gasteiger partial charge >= 0.3 is 0 Å². The van der Waals surface area contributed by atoms with Gasteiger partial charge in [0.1, 0.15) is 12.4 Å². The van der Waals surface area contributed by atoms with Gasteiger partial charge in [0.25, 0.3) is 0 Å². The van der Waals surface area contributed by atoms with Crippen LogP contribution in [0.25, 0.3) is 0 Å². The van der Waals surface area contributed by atoms with Crippen molar-refractivity contribution in [1.29, 1.82) is 0 Å². The van der Waals surface area contributed by atoms with Crippen LogP contribution in [0.2, 0.25) is 0 Å². The van der Waals surface area contributed by atoms with E-state index in [1.54, 1.807) is 0 Å². The first-order chi connectivity index (χ1) is 12.2. The van der Waals surface area contributed by atoms with Crippen LogP contribution in [-0.4, -0.2) is 57.8 Å². The molecule has 0 aliphatic carbocycles. The lowest BCUT2D eigenvalue weighted by atomic mass is 10.2. The van der Waals surface area contributed by atoms with Crippen molar-refractivity contribution >= 4 is 29.9 Å². The highest BCUT2D eigenvalue weighted by molar-refractivity contribution is 14.0. The number of nitrogens with zero attached hydrogens (tertiary/aromatic N) is 5. The van der Waals surface area contributed by atoms with E-state index in [-0.39, 0.29) is 24.0 Å². The molecule has 0 radical (unpaired) electrons. The summed E-state index contributed by atoms with van der Waals surface area (Å²) in [6.45, 7) is 11.2. The Bertz CT molecular complexity index is 544. The summed E-state index contributed by atoms with van der Waals surface area (Å²) >= 11 is 0. The number of likely N-dealkylation sites (N-methyl/N-ethyl adjacent to an activating group) is 1. The third-order valence-electron chi connectivity index (χ3n) is 5.04. The van der Waals surface area contributed by atoms with Crippen molar-refractivity contribution in [3.63, 3.8) is 0 Å². The molecule has 1 fully saturated rings. The molecule has 1 aromatic heterocycles. The molecule has 1 unspecified atom stereocenters. The second-order valence-electron chi connectivity index (χ2n) is 6.83. The van der Waals surface area contributed by atoms with E-state index in [1.165, 1.54) is 38.6 Å². The Hall–Kier alpha value is -0.900. The quantitative estimate of drug-likeness (QED) is 0.248. The number of halogens is 1. The minimum Gasteiger partial charge on any atom is -0.356 e. The fourth-order valence-electron chi connectivity index (χ4n) is 3.25. The minimum absolute atomic E-state index is 0. The third-order valence-corrected chi connectivity index (χ3v) is 5.04. The normalized spacial score (nSPS) is 18.0. The van der Waals surface area contributed by atoms with Gasteiger partial charge < -0.3 is 15.2 Å². The topological polar surface area (TPSA) is 70.4 Å². The summed E-state index contributed by atoms with van der Waals surface area (Å²) < 4.78 is 1.99. The Morgan fingerprint density at radius 3 is 2.69 bits per heavy atom. The van der Waals surface area contributed by atoms with Crippen molar-refractivity contribution in [2.45, 2.75) is 65.5 Å². The third kappa shape index (κ3) is 7.02. The average molecular weight is 477 g/mol. The largest absolute Gasteiger partial charge is 0.356 e. The number of aryl methyl sites for hydroxylation is 1. The zero-order valence-corrected chi connectivity index (χ0v) is 19.1. The molecule has 150 valence electrons. The number of likely N-dealkylation sites (tertiary alicyclic amines) is 1. The molecule has 26 heavy (non-hydrogen) atoms. The van der Waals surface area contributed by atoms with Crippen LogP contribution in [0.5, 0.6) is 0 Å². The average Bonchev–Trinajstić information content (AvgIpc) is 3.20. The van der Waals surface area contributed by atoms with Crippen molar-refractivity contribution in [2.24, 2.45) is 12.0 Å². The molecule has 0 spiro atoms. The number of aliphatic imine (C=N–C) groups is 1. The van der Waals surface area contributed by atoms with E-state index in [0.717, 1.165) is 37.2 Å². The van der Waals surface area contributed by atoms with Gasteiger partial charge in [-0.2, -0.15) is 0 Å². The van der Waals surface area contributed by atoms with E-state index < -0.39 is 0 Å². The molecule has 0 amide bonds. The van der Waals surface area contributed by atoms with Gasteiger partial charge in [-0.05, 0) is 39.3 Å². The Balaban J connectivity index is 0.00000338. The number of rotatable bonds is 9. The number of aromatic nitrogens is 3. The number of nitrogens with one attached hydrogen (secondary N) is 2. The zero-order valence-electron chi connectivity index (χ0n) is 16.8. The van der Waals surface area contributed by atoms with Gasteiger partial charge in [0.2, 0.25) is 0 Å². The number of hydrogen-bond acceptors (Lipinski definition) is 4. The fourth-order valence-corrected chi connectivity index (χ4v) is 3.25. The molecular weight excluding hydrogens is 441 g/mol. The second-order valence-corrected chi connectivity index (χ2v) is 6.83. The molecular formula is C18H36IN7. The highest BCUT2D eigenvalue weighted by Gasteiger charge is 2.22. The first-order valence-corrected chi connectivity index (χ1v) is 9.76. The number of unbranched alkanes of at least 4 members (excludes halogenated alkanes) is 2. The minimum atomic E-state index is 0. The molecule has 8 heteroatoms. The predicted molar refractivity (Wildman–Crippen MR) is 118 cm³/mol. The maximum Gasteiger partial charge on any atom is 0.191 e. The lowest BCUT2D eigenvalue weighted by molar-refractivity contribution is 0.267. The monoisotopic (exact) mass is 477 g/mol. The van der Waals surface area contributed by atoms with Crippen LogP contribution in [-0.2, 0) is 13.6 Å². The van der Waals surface area contributed by atoms with E-state index in [4.69, 9.17) is 4.99 Å². The predicted octanol–water partition coefficient (Wildman–Crippen LogP) is 2.45. The van der Waals surface area contributed by atoms with E-state index >= 15 is 0 Å². The lowest BCUT2D eigenvalue weighted by Crippen LogP contribution is -2.45. The van der Waals surface area contributed by atoms with Crippen molar-refractivity contribution in [1.82, 2.24) is 30.3 Å². The van der Waals surface area contributed by atoms with Crippen LogP contribution in [0.1, 0.15) is 57.6 Å². The SMILES string of the molecule is CCCCCNC(=NCc1nnc(C)n1C)NCC1CCCN1CC.I. The van der Waals surface area contributed by atoms with Crippen LogP contribution in [0, 0.1) is 6.92 Å². The fraction of sp³-hybridized carbons (Fsp3) is 0.833. The molecule has 0 aromatic carbocycles. The Kier molecular flexibility index (Phi) is 11.1. The Morgan fingerprint density at radius 2 is 2.04 bits per heavy atom. The van der Waals surface area contributed by atoms with Crippen LogP contribution in [0.15, 0.2) is 4.99 Å². The molecule has 2 N–H and O–H groups in total. The molecule has 2 heterocycles. The summed E-state index contributed by atoms with van der Waals surface area (Å²) in [4.78, 5) is 7.28. The number of guanidine groups is 1. The summed E-state index contributed by atoms with van der Waals surface area (Å²) in [5.41, 5.74) is 0. The van der Waals surface area contributed by atoms with Gasteiger partial charge in [-0.3, -0.25) is 4.90 Å². The van der Waals surface area contributed by atoms with Crippen LogP contribution in [0.3, 0.4) is 0 Å². The first-order valence-electron chi connectivity index (χ1n) is 9.76. The van der Waals surface area contributed by atoms with Crippen LogP contribution >= 0.6 is 24.0 Å². The molecule has 1 aliphatic rings. The molecule has 2 rings (SSSR count). The van der Waals surface area contributed by atoms with Gasteiger partial charge in [0.15, 0.2) is 11.8 Å². The summed E-state index contributed by atoms with van der Waals surface area (Å²) in [5.74, 6) is 2.70. The van der Waals surface area contributed by atoms with Gasteiger partial charge in [-0.1, -0.05) is 26.7 Å². The highest BCUT2D eigenvalue weighted by Crippen LogP contribution is 2.15. The summed E-state index contributed by atoms with van der Waals surface area (Å²) in [5, 5.41) is 15.3. The zero-order chi connectivity index (χ0) is 18.1. The van der Waals surface area contributed by atoms with E-state index in [1.807, 2.05) is 18.5 Å². The van der Waals surface area contributed by atoms with Crippen molar-refractivity contribution in [3.05, 3.63) is 11.6 Å². The molecule has 1 atom stereocenters. The second kappa shape index (κ2) is 12.5. The van der Waals surface area contributed by atoms with Crippen molar-refractivity contribution in [2.75, 3.05) is 26.2 Å². The van der Waals surface area contributed by atoms with Gasteiger partial charge in [-0.15, -0.1) is 34.2 Å². The molecule has 0 bridgehead atoms.